The van der Waals surface area contributed by atoms with Crippen molar-refractivity contribution in [2.45, 2.75) is 43.9 Å². The number of carbonyl (C=O) groups excluding carboxylic acids is 1. The van der Waals surface area contributed by atoms with Crippen molar-refractivity contribution >= 4 is 33.6 Å². The van der Waals surface area contributed by atoms with Gasteiger partial charge in [-0.1, -0.05) is 25.0 Å². The van der Waals surface area contributed by atoms with Gasteiger partial charge in [0.1, 0.15) is 0 Å². The van der Waals surface area contributed by atoms with Crippen molar-refractivity contribution < 1.29 is 4.79 Å². The van der Waals surface area contributed by atoms with Gasteiger partial charge in [-0.3, -0.25) is 4.79 Å². The maximum Gasteiger partial charge on any atom is 0.252 e. The molecule has 104 valence electrons. The van der Waals surface area contributed by atoms with Gasteiger partial charge in [0.25, 0.3) is 5.91 Å². The molecule has 4 heteroatoms. The monoisotopic (exact) mass is 341 g/mol. The maximum absolute atomic E-state index is 12.4. The van der Waals surface area contributed by atoms with Crippen LogP contribution in [0.3, 0.4) is 0 Å². The average molecular weight is 342 g/mol. The van der Waals surface area contributed by atoms with Crippen LogP contribution in [0.2, 0.25) is 0 Å². The van der Waals surface area contributed by atoms with Crippen molar-refractivity contribution in [2.24, 2.45) is 0 Å². The zero-order chi connectivity index (χ0) is 13.8. The fourth-order valence-corrected chi connectivity index (χ4v) is 3.99. The van der Waals surface area contributed by atoms with Crippen LogP contribution in [0.1, 0.15) is 41.6 Å². The Morgan fingerprint density at radius 2 is 2.11 bits per heavy atom. The summed E-state index contributed by atoms with van der Waals surface area (Å²) in [5.41, 5.74) is 1.84. The van der Waals surface area contributed by atoms with Crippen LogP contribution in [0, 0.1) is 6.92 Å². The highest BCUT2D eigenvalue weighted by Crippen LogP contribution is 2.28. The quantitative estimate of drug-likeness (QED) is 0.894. The van der Waals surface area contributed by atoms with E-state index in [0.29, 0.717) is 11.3 Å². The van der Waals surface area contributed by atoms with Gasteiger partial charge >= 0.3 is 0 Å². The topological polar surface area (TPSA) is 29.1 Å². The molecule has 1 aromatic carbocycles. The first-order valence-electron chi connectivity index (χ1n) is 6.72. The summed E-state index contributed by atoms with van der Waals surface area (Å²) in [4.78, 5) is 12.4. The van der Waals surface area contributed by atoms with Crippen molar-refractivity contribution in [2.75, 3.05) is 6.26 Å². The lowest BCUT2D eigenvalue weighted by Crippen LogP contribution is -2.43. The zero-order valence-electron chi connectivity index (χ0n) is 11.4. The fourth-order valence-electron chi connectivity index (χ4n) is 2.61. The molecule has 2 rings (SSSR count). The number of hydrogen-bond acceptors (Lipinski definition) is 2. The van der Waals surface area contributed by atoms with E-state index < -0.39 is 0 Å². The number of halogens is 1. The summed E-state index contributed by atoms with van der Waals surface area (Å²) >= 11 is 5.38. The van der Waals surface area contributed by atoms with Crippen LogP contribution in [0.15, 0.2) is 22.7 Å². The number of nitrogens with one attached hydrogen (secondary N) is 1. The second kappa shape index (κ2) is 6.80. The first-order valence-corrected chi connectivity index (χ1v) is 8.80. The van der Waals surface area contributed by atoms with E-state index in [4.69, 9.17) is 0 Å². The fraction of sp³-hybridized carbons (Fsp3) is 0.533. The zero-order valence-corrected chi connectivity index (χ0v) is 13.8. The van der Waals surface area contributed by atoms with Crippen LogP contribution < -0.4 is 5.32 Å². The van der Waals surface area contributed by atoms with Crippen molar-refractivity contribution in [1.29, 1.82) is 0 Å². The lowest BCUT2D eigenvalue weighted by molar-refractivity contribution is 0.0928. The highest BCUT2D eigenvalue weighted by Gasteiger charge is 2.26. The summed E-state index contributed by atoms with van der Waals surface area (Å²) in [6, 6.07) is 6.13. The molecule has 0 saturated heterocycles. The van der Waals surface area contributed by atoms with Crippen LogP contribution in [0.5, 0.6) is 0 Å². The molecule has 1 aliphatic carbocycles. The summed E-state index contributed by atoms with van der Waals surface area (Å²) in [6.45, 7) is 2.01. The maximum atomic E-state index is 12.4. The molecule has 2 nitrogen and oxygen atoms in total. The van der Waals surface area contributed by atoms with Gasteiger partial charge in [0.05, 0.1) is 5.56 Å². The predicted molar refractivity (Wildman–Crippen MR) is 85.9 cm³/mol. The lowest BCUT2D eigenvalue weighted by atomic mass is 9.94. The highest BCUT2D eigenvalue weighted by atomic mass is 79.9. The van der Waals surface area contributed by atoms with E-state index >= 15 is 0 Å². The summed E-state index contributed by atoms with van der Waals surface area (Å²) in [6.07, 6.45) is 6.95. The molecule has 1 N–H and O–H groups in total. The largest absolute Gasteiger partial charge is 0.348 e. The second-order valence-electron chi connectivity index (χ2n) is 5.08. The summed E-state index contributed by atoms with van der Waals surface area (Å²) in [5, 5.41) is 3.77. The van der Waals surface area contributed by atoms with Gasteiger partial charge in [-0.2, -0.15) is 11.8 Å². The minimum atomic E-state index is 0.0431. The Labute approximate surface area is 127 Å². The average Bonchev–Trinajstić information content (AvgIpc) is 2.42. The van der Waals surface area contributed by atoms with E-state index in [1.54, 1.807) is 0 Å². The molecule has 1 aliphatic rings. The molecule has 1 aromatic rings. The Morgan fingerprint density at radius 3 is 2.84 bits per heavy atom. The van der Waals surface area contributed by atoms with Crippen molar-refractivity contribution in [3.05, 3.63) is 33.8 Å². The van der Waals surface area contributed by atoms with Gasteiger partial charge in [0.2, 0.25) is 0 Å². The standard InChI is InChI=1S/C15H20BrNOS/c1-10-6-5-7-11(14(10)16)15(18)17-12-8-3-4-9-13(12)19-2/h5-7,12-13H,3-4,8-9H2,1-2H3,(H,17,18). The van der Waals surface area contributed by atoms with Gasteiger partial charge in [0, 0.05) is 15.8 Å². The molecule has 1 fully saturated rings. The van der Waals surface area contributed by atoms with E-state index in [2.05, 4.69) is 27.5 Å². The molecule has 0 spiro atoms. The van der Waals surface area contributed by atoms with Gasteiger partial charge in [0.15, 0.2) is 0 Å². The minimum absolute atomic E-state index is 0.0431. The van der Waals surface area contributed by atoms with Crippen molar-refractivity contribution in [1.82, 2.24) is 5.32 Å². The number of thioether (sulfide) groups is 1. The Bertz CT molecular complexity index is 463. The Kier molecular flexibility index (Phi) is 5.34. The van der Waals surface area contributed by atoms with Crippen LogP contribution in [-0.4, -0.2) is 23.5 Å². The second-order valence-corrected chi connectivity index (χ2v) is 6.94. The normalized spacial score (nSPS) is 23.1. The van der Waals surface area contributed by atoms with E-state index in [9.17, 15) is 4.79 Å². The summed E-state index contributed by atoms with van der Waals surface area (Å²) < 4.78 is 0.906. The predicted octanol–water partition coefficient (Wildman–Crippen LogP) is 4.16. The number of aryl methyl sites for hydroxylation is 1. The summed E-state index contributed by atoms with van der Waals surface area (Å²) in [5.74, 6) is 0.0431. The first kappa shape index (κ1) is 14.9. The number of hydrogen-bond donors (Lipinski definition) is 1. The molecule has 0 heterocycles. The number of benzene rings is 1. The smallest absolute Gasteiger partial charge is 0.252 e. The van der Waals surface area contributed by atoms with Crippen molar-refractivity contribution in [3.8, 4) is 0 Å². The van der Waals surface area contributed by atoms with Crippen LogP contribution in [-0.2, 0) is 0 Å². The van der Waals surface area contributed by atoms with Crippen LogP contribution >= 0.6 is 27.7 Å². The number of rotatable bonds is 3. The molecule has 0 aliphatic heterocycles. The third-order valence-electron chi connectivity index (χ3n) is 3.76. The van der Waals surface area contributed by atoms with Gasteiger partial charge in [-0.05, 0) is 53.6 Å². The third-order valence-corrected chi connectivity index (χ3v) is 5.98. The lowest BCUT2D eigenvalue weighted by Gasteiger charge is -2.31. The molecule has 2 unspecified atom stereocenters. The molecule has 0 aromatic heterocycles. The number of carbonyl (C=O) groups is 1. The third kappa shape index (κ3) is 3.54. The van der Waals surface area contributed by atoms with E-state index in [-0.39, 0.29) is 5.91 Å². The Balaban J connectivity index is 2.09. The Hall–Kier alpha value is -0.480. The molecular weight excluding hydrogens is 322 g/mol. The van der Waals surface area contributed by atoms with Gasteiger partial charge in [-0.25, -0.2) is 0 Å². The number of amides is 1. The van der Waals surface area contributed by atoms with E-state index in [0.717, 1.165) is 22.0 Å². The molecule has 1 saturated carbocycles. The first-order chi connectivity index (χ1) is 9.13. The summed E-state index contributed by atoms with van der Waals surface area (Å²) in [7, 11) is 0. The van der Waals surface area contributed by atoms with E-state index in [1.807, 2.05) is 36.9 Å². The molecule has 0 bridgehead atoms. The highest BCUT2D eigenvalue weighted by molar-refractivity contribution is 9.10. The van der Waals surface area contributed by atoms with E-state index in [1.165, 1.54) is 19.3 Å². The van der Waals surface area contributed by atoms with Gasteiger partial charge < -0.3 is 5.32 Å². The minimum Gasteiger partial charge on any atom is -0.348 e. The van der Waals surface area contributed by atoms with Crippen LogP contribution in [0.25, 0.3) is 0 Å². The van der Waals surface area contributed by atoms with Crippen LogP contribution in [0.4, 0.5) is 0 Å². The molecule has 1 amide bonds. The molecule has 0 radical (unpaired) electrons. The Morgan fingerprint density at radius 1 is 1.37 bits per heavy atom. The van der Waals surface area contributed by atoms with Crippen molar-refractivity contribution in [3.63, 3.8) is 0 Å². The molecule has 2 atom stereocenters. The van der Waals surface area contributed by atoms with Gasteiger partial charge in [-0.15, -0.1) is 0 Å². The molecular formula is C15H20BrNOS. The SMILES string of the molecule is CSC1CCCCC1NC(=O)c1cccc(C)c1Br. The molecule has 19 heavy (non-hydrogen) atoms.